The number of hydrogen-bond acceptors (Lipinski definition) is 3. The van der Waals surface area contributed by atoms with E-state index < -0.39 is 24.4 Å². The highest BCUT2D eigenvalue weighted by molar-refractivity contribution is 6.09. The maximum Gasteiger partial charge on any atom is 0.296 e. The van der Waals surface area contributed by atoms with Gasteiger partial charge < -0.3 is 0 Å². The minimum atomic E-state index is -3.09. The van der Waals surface area contributed by atoms with Gasteiger partial charge in [0.2, 0.25) is 5.78 Å². The van der Waals surface area contributed by atoms with E-state index in [1.807, 2.05) is 0 Å². The lowest BCUT2D eigenvalue weighted by molar-refractivity contribution is -0.128. The number of Topliss-reactive ketones (excluding diaryl/α,β-unsaturated/α-hetero) is 2. The van der Waals surface area contributed by atoms with Gasteiger partial charge in [-0.25, -0.2) is 8.78 Å². The van der Waals surface area contributed by atoms with E-state index in [1.54, 1.807) is 14.0 Å². The summed E-state index contributed by atoms with van der Waals surface area (Å²) in [6.45, 7) is 1.58. The van der Waals surface area contributed by atoms with Crippen LogP contribution >= 0.6 is 0 Å². The molecule has 82 valence electrons. The lowest BCUT2D eigenvalue weighted by atomic mass is 10.1. The van der Waals surface area contributed by atoms with Gasteiger partial charge in [0.15, 0.2) is 5.78 Å². The minimum absolute atomic E-state index is 0.214. The van der Waals surface area contributed by atoms with Crippen LogP contribution in [0.1, 0.15) is 22.5 Å². The number of alkyl halides is 2. The zero-order chi connectivity index (χ0) is 11.6. The van der Waals surface area contributed by atoms with Crippen molar-refractivity contribution < 1.29 is 18.4 Å². The summed E-state index contributed by atoms with van der Waals surface area (Å²) in [5.41, 5.74) is 0.649. The molecule has 0 fully saturated rings. The average Bonchev–Trinajstić information content (AvgIpc) is 2.44. The fourth-order valence-electron chi connectivity index (χ4n) is 1.20. The number of hydrogen-bond donors (Lipinski definition) is 0. The lowest BCUT2D eigenvalue weighted by Gasteiger charge is -1.97. The molecule has 0 aliphatic rings. The van der Waals surface area contributed by atoms with Crippen molar-refractivity contribution in [1.82, 2.24) is 9.78 Å². The second-order valence-corrected chi connectivity index (χ2v) is 3.17. The molecule has 0 spiro atoms. The van der Waals surface area contributed by atoms with E-state index in [0.29, 0.717) is 5.69 Å². The highest BCUT2D eigenvalue weighted by Crippen LogP contribution is 2.10. The van der Waals surface area contributed by atoms with E-state index in [0.717, 1.165) is 0 Å². The highest BCUT2D eigenvalue weighted by Gasteiger charge is 2.22. The molecule has 0 aliphatic heterocycles. The summed E-state index contributed by atoms with van der Waals surface area (Å²) in [6.07, 6.45) is -2.45. The molecule has 0 saturated carbocycles. The van der Waals surface area contributed by atoms with Crippen LogP contribution in [0.5, 0.6) is 0 Å². The first-order valence-corrected chi connectivity index (χ1v) is 4.26. The largest absolute Gasteiger partial charge is 0.296 e. The molecule has 0 aromatic carbocycles. The number of rotatable bonds is 4. The molecule has 0 bridgehead atoms. The quantitative estimate of drug-likeness (QED) is 0.560. The molecule has 1 aromatic heterocycles. The SMILES string of the molecule is Cc1nn(C)cc1C(=O)CC(=O)C(F)F. The van der Waals surface area contributed by atoms with Gasteiger partial charge in [-0.15, -0.1) is 0 Å². The molecule has 0 aliphatic carbocycles. The van der Waals surface area contributed by atoms with Crippen LogP contribution in [-0.2, 0) is 11.8 Å². The molecule has 1 rings (SSSR count). The summed E-state index contributed by atoms with van der Waals surface area (Å²) in [4.78, 5) is 22.0. The lowest BCUT2D eigenvalue weighted by Crippen LogP contribution is -2.15. The van der Waals surface area contributed by atoms with Crippen molar-refractivity contribution in [2.75, 3.05) is 0 Å². The summed E-state index contributed by atoms with van der Waals surface area (Å²) in [5, 5.41) is 3.88. The number of carbonyl (C=O) groups excluding carboxylic acids is 2. The molecule has 0 radical (unpaired) electrons. The minimum Gasteiger partial charge on any atom is -0.294 e. The molecule has 0 unspecified atom stereocenters. The Morgan fingerprint density at radius 3 is 2.53 bits per heavy atom. The fraction of sp³-hybridized carbons (Fsp3) is 0.444. The Kier molecular flexibility index (Phi) is 3.28. The second kappa shape index (κ2) is 4.29. The fourth-order valence-corrected chi connectivity index (χ4v) is 1.20. The number of aryl methyl sites for hydroxylation is 2. The normalized spacial score (nSPS) is 10.7. The van der Waals surface area contributed by atoms with Gasteiger partial charge in [0.25, 0.3) is 6.43 Å². The van der Waals surface area contributed by atoms with Crippen LogP contribution in [0.3, 0.4) is 0 Å². The van der Waals surface area contributed by atoms with Gasteiger partial charge in [0.1, 0.15) is 0 Å². The Bertz CT molecular complexity index is 399. The number of halogens is 2. The monoisotopic (exact) mass is 216 g/mol. The smallest absolute Gasteiger partial charge is 0.294 e. The van der Waals surface area contributed by atoms with E-state index in [4.69, 9.17) is 0 Å². The van der Waals surface area contributed by atoms with Crippen molar-refractivity contribution in [2.24, 2.45) is 7.05 Å². The van der Waals surface area contributed by atoms with Crippen LogP contribution in [0, 0.1) is 6.92 Å². The van der Waals surface area contributed by atoms with Crippen molar-refractivity contribution in [3.05, 3.63) is 17.5 Å². The highest BCUT2D eigenvalue weighted by atomic mass is 19.3. The van der Waals surface area contributed by atoms with Gasteiger partial charge in [-0.3, -0.25) is 14.3 Å². The van der Waals surface area contributed by atoms with Crippen LogP contribution in [-0.4, -0.2) is 27.8 Å². The maximum atomic E-state index is 11.9. The molecular formula is C9H10F2N2O2. The molecule has 4 nitrogen and oxygen atoms in total. The summed E-state index contributed by atoms with van der Waals surface area (Å²) in [7, 11) is 1.61. The van der Waals surface area contributed by atoms with Crippen molar-refractivity contribution in [1.29, 1.82) is 0 Å². The van der Waals surface area contributed by atoms with E-state index in [1.165, 1.54) is 10.9 Å². The predicted molar refractivity (Wildman–Crippen MR) is 47.9 cm³/mol. The summed E-state index contributed by atoms with van der Waals surface area (Å²) < 4.78 is 25.2. The number of nitrogens with zero attached hydrogens (tertiary/aromatic N) is 2. The van der Waals surface area contributed by atoms with Crippen molar-refractivity contribution in [3.8, 4) is 0 Å². The molecule has 6 heteroatoms. The Morgan fingerprint density at radius 1 is 1.53 bits per heavy atom. The standard InChI is InChI=1S/C9H10F2N2O2/c1-5-6(4-13(2)12-5)7(14)3-8(15)9(10)11/h4,9H,3H2,1-2H3. The Hall–Kier alpha value is -1.59. The molecule has 0 atom stereocenters. The summed E-state index contributed by atoms with van der Waals surface area (Å²) in [6, 6.07) is 0. The van der Waals surface area contributed by atoms with Gasteiger partial charge in [-0.1, -0.05) is 0 Å². The van der Waals surface area contributed by atoms with Crippen LogP contribution in [0.15, 0.2) is 6.20 Å². The molecule has 0 N–H and O–H groups in total. The number of carbonyl (C=O) groups is 2. The second-order valence-electron chi connectivity index (χ2n) is 3.17. The van der Waals surface area contributed by atoms with Crippen LogP contribution in [0.4, 0.5) is 8.78 Å². The van der Waals surface area contributed by atoms with Gasteiger partial charge in [-0.05, 0) is 6.92 Å². The zero-order valence-electron chi connectivity index (χ0n) is 8.33. The maximum absolute atomic E-state index is 11.9. The van der Waals surface area contributed by atoms with Crippen LogP contribution in [0.25, 0.3) is 0 Å². The Labute approximate surface area is 84.9 Å². The molecular weight excluding hydrogens is 206 g/mol. The molecule has 15 heavy (non-hydrogen) atoms. The van der Waals surface area contributed by atoms with Gasteiger partial charge in [0, 0.05) is 13.2 Å². The first kappa shape index (κ1) is 11.5. The third kappa shape index (κ3) is 2.68. The molecule has 0 amide bonds. The van der Waals surface area contributed by atoms with E-state index in [-0.39, 0.29) is 5.56 Å². The first-order chi connectivity index (χ1) is 6.91. The van der Waals surface area contributed by atoms with Crippen LogP contribution in [0.2, 0.25) is 0 Å². The topological polar surface area (TPSA) is 52.0 Å². The van der Waals surface area contributed by atoms with Gasteiger partial charge in [-0.2, -0.15) is 5.10 Å². The van der Waals surface area contributed by atoms with Crippen LogP contribution < -0.4 is 0 Å². The Morgan fingerprint density at radius 2 is 2.13 bits per heavy atom. The predicted octanol–water partition coefficient (Wildman–Crippen LogP) is 1.14. The van der Waals surface area contributed by atoms with Gasteiger partial charge in [0.05, 0.1) is 17.7 Å². The van der Waals surface area contributed by atoms with Crippen molar-refractivity contribution in [2.45, 2.75) is 19.8 Å². The molecule has 0 saturated heterocycles. The van der Waals surface area contributed by atoms with E-state index in [9.17, 15) is 18.4 Å². The summed E-state index contributed by atoms with van der Waals surface area (Å²) in [5.74, 6) is -1.98. The zero-order valence-corrected chi connectivity index (χ0v) is 8.33. The third-order valence-corrected chi connectivity index (χ3v) is 1.89. The Balaban J connectivity index is 2.78. The average molecular weight is 216 g/mol. The van der Waals surface area contributed by atoms with E-state index >= 15 is 0 Å². The number of ketones is 2. The number of aromatic nitrogens is 2. The van der Waals surface area contributed by atoms with Crippen molar-refractivity contribution >= 4 is 11.6 Å². The van der Waals surface area contributed by atoms with E-state index in [2.05, 4.69) is 5.10 Å². The van der Waals surface area contributed by atoms with Gasteiger partial charge >= 0.3 is 0 Å². The molecule has 1 heterocycles. The third-order valence-electron chi connectivity index (χ3n) is 1.89. The molecule has 1 aromatic rings. The van der Waals surface area contributed by atoms with Crippen molar-refractivity contribution in [3.63, 3.8) is 0 Å². The first-order valence-electron chi connectivity index (χ1n) is 4.26. The summed E-state index contributed by atoms with van der Waals surface area (Å²) >= 11 is 0.